The van der Waals surface area contributed by atoms with Crippen LogP contribution in [-0.2, 0) is 0 Å². The van der Waals surface area contributed by atoms with Crippen LogP contribution in [0.3, 0.4) is 0 Å². The van der Waals surface area contributed by atoms with E-state index in [4.69, 9.17) is 10.8 Å². The molecule has 1 atom stereocenters. The molecule has 0 unspecified atom stereocenters. The quantitative estimate of drug-likeness (QED) is 0.663. The fourth-order valence-corrected chi connectivity index (χ4v) is 0.917. The molecule has 0 aliphatic heterocycles. The second-order valence-electron chi connectivity index (χ2n) is 2.57. The number of pyridine rings is 1. The molecule has 64 valence electrons. The first kappa shape index (κ1) is 8.74. The average Bonchev–Trinajstić information content (AvgIpc) is 2.06. The highest BCUT2D eigenvalue weighted by molar-refractivity contribution is 5.19. The second-order valence-corrected chi connectivity index (χ2v) is 2.57. The first-order chi connectivity index (χ1) is 5.74. The number of hydrogen-bond acceptors (Lipinski definition) is 3. The zero-order chi connectivity index (χ0) is 8.97. The summed E-state index contributed by atoms with van der Waals surface area (Å²) < 4.78 is 0. The first-order valence-electron chi connectivity index (χ1n) is 3.75. The Balaban J connectivity index is 2.74. The lowest BCUT2D eigenvalue weighted by Crippen LogP contribution is -2.10. The van der Waals surface area contributed by atoms with Crippen LogP contribution >= 0.6 is 0 Å². The van der Waals surface area contributed by atoms with E-state index in [0.29, 0.717) is 6.42 Å². The van der Waals surface area contributed by atoms with Crippen molar-refractivity contribution in [2.24, 2.45) is 5.73 Å². The standard InChI is InChI=1S/C9H12N2O/c1-2-3-8(10)9-5-4-7(12)6-11-9/h2,4-6,8,12H,1,3,10H2/t8-/m1/s1. The molecule has 1 aromatic rings. The van der Waals surface area contributed by atoms with Gasteiger partial charge in [0.1, 0.15) is 5.75 Å². The summed E-state index contributed by atoms with van der Waals surface area (Å²) in [5.41, 5.74) is 6.51. The molecule has 1 heterocycles. The third-order valence-corrected chi connectivity index (χ3v) is 1.57. The highest BCUT2D eigenvalue weighted by Gasteiger charge is 2.03. The van der Waals surface area contributed by atoms with Gasteiger partial charge in [-0.1, -0.05) is 6.08 Å². The molecular formula is C9H12N2O. The van der Waals surface area contributed by atoms with Crippen molar-refractivity contribution in [3.63, 3.8) is 0 Å². The van der Waals surface area contributed by atoms with Crippen molar-refractivity contribution in [3.8, 4) is 5.75 Å². The van der Waals surface area contributed by atoms with Gasteiger partial charge in [0, 0.05) is 0 Å². The van der Waals surface area contributed by atoms with E-state index < -0.39 is 0 Å². The highest BCUT2D eigenvalue weighted by atomic mass is 16.3. The number of aromatic hydroxyl groups is 1. The molecule has 3 N–H and O–H groups in total. The van der Waals surface area contributed by atoms with Crippen LogP contribution in [0.15, 0.2) is 31.0 Å². The molecule has 0 aliphatic rings. The van der Waals surface area contributed by atoms with Gasteiger partial charge in [-0.3, -0.25) is 4.98 Å². The van der Waals surface area contributed by atoms with Crippen molar-refractivity contribution in [3.05, 3.63) is 36.7 Å². The lowest BCUT2D eigenvalue weighted by atomic mass is 10.1. The lowest BCUT2D eigenvalue weighted by Gasteiger charge is -2.07. The summed E-state index contributed by atoms with van der Waals surface area (Å²) in [6.07, 6.45) is 3.83. The van der Waals surface area contributed by atoms with Gasteiger partial charge in [0.25, 0.3) is 0 Å². The molecule has 0 saturated heterocycles. The van der Waals surface area contributed by atoms with Crippen LogP contribution in [0.25, 0.3) is 0 Å². The van der Waals surface area contributed by atoms with Crippen LogP contribution in [0, 0.1) is 0 Å². The number of nitrogens with two attached hydrogens (primary N) is 1. The number of nitrogens with zero attached hydrogens (tertiary/aromatic N) is 1. The summed E-state index contributed by atoms with van der Waals surface area (Å²) in [6.45, 7) is 3.59. The van der Waals surface area contributed by atoms with Gasteiger partial charge in [0.05, 0.1) is 17.9 Å². The molecular weight excluding hydrogens is 152 g/mol. The maximum Gasteiger partial charge on any atom is 0.133 e. The van der Waals surface area contributed by atoms with Gasteiger partial charge in [-0.05, 0) is 18.6 Å². The molecule has 1 rings (SSSR count). The number of hydrogen-bond donors (Lipinski definition) is 2. The van der Waals surface area contributed by atoms with E-state index >= 15 is 0 Å². The summed E-state index contributed by atoms with van der Waals surface area (Å²) in [5, 5.41) is 8.94. The topological polar surface area (TPSA) is 59.1 Å². The molecule has 0 spiro atoms. The van der Waals surface area contributed by atoms with Crippen molar-refractivity contribution in [1.82, 2.24) is 4.98 Å². The van der Waals surface area contributed by atoms with E-state index in [2.05, 4.69) is 11.6 Å². The Morgan fingerprint density at radius 2 is 2.42 bits per heavy atom. The Labute approximate surface area is 71.6 Å². The normalized spacial score (nSPS) is 12.4. The van der Waals surface area contributed by atoms with Crippen molar-refractivity contribution in [1.29, 1.82) is 0 Å². The van der Waals surface area contributed by atoms with Crippen molar-refractivity contribution < 1.29 is 5.11 Å². The van der Waals surface area contributed by atoms with E-state index in [1.54, 1.807) is 18.2 Å². The van der Waals surface area contributed by atoms with E-state index in [0.717, 1.165) is 5.69 Å². The third-order valence-electron chi connectivity index (χ3n) is 1.57. The molecule has 12 heavy (non-hydrogen) atoms. The molecule has 0 amide bonds. The van der Waals surface area contributed by atoms with Crippen molar-refractivity contribution >= 4 is 0 Å². The summed E-state index contributed by atoms with van der Waals surface area (Å²) in [4.78, 5) is 3.97. The Kier molecular flexibility index (Phi) is 2.82. The van der Waals surface area contributed by atoms with Gasteiger partial charge < -0.3 is 10.8 Å². The van der Waals surface area contributed by atoms with Gasteiger partial charge in [-0.2, -0.15) is 0 Å². The van der Waals surface area contributed by atoms with E-state index in [1.165, 1.54) is 6.20 Å². The Hall–Kier alpha value is -1.35. The fraction of sp³-hybridized carbons (Fsp3) is 0.222. The van der Waals surface area contributed by atoms with Crippen LogP contribution in [-0.4, -0.2) is 10.1 Å². The molecule has 3 nitrogen and oxygen atoms in total. The zero-order valence-corrected chi connectivity index (χ0v) is 6.77. The van der Waals surface area contributed by atoms with Crippen molar-refractivity contribution in [2.75, 3.05) is 0 Å². The van der Waals surface area contributed by atoms with Crippen LogP contribution in [0.5, 0.6) is 5.75 Å². The zero-order valence-electron chi connectivity index (χ0n) is 6.77. The average molecular weight is 164 g/mol. The van der Waals surface area contributed by atoms with Crippen LogP contribution < -0.4 is 5.73 Å². The molecule has 0 aromatic carbocycles. The van der Waals surface area contributed by atoms with Gasteiger partial charge in [0.15, 0.2) is 0 Å². The Morgan fingerprint density at radius 1 is 1.67 bits per heavy atom. The van der Waals surface area contributed by atoms with Gasteiger partial charge in [0.2, 0.25) is 0 Å². The monoisotopic (exact) mass is 164 g/mol. The van der Waals surface area contributed by atoms with Gasteiger partial charge in [-0.25, -0.2) is 0 Å². The largest absolute Gasteiger partial charge is 0.506 e. The summed E-state index contributed by atoms with van der Waals surface area (Å²) in [7, 11) is 0. The minimum absolute atomic E-state index is 0.122. The molecule has 0 aliphatic carbocycles. The van der Waals surface area contributed by atoms with Gasteiger partial charge >= 0.3 is 0 Å². The molecule has 0 saturated carbocycles. The lowest BCUT2D eigenvalue weighted by molar-refractivity contribution is 0.471. The second kappa shape index (κ2) is 3.88. The van der Waals surface area contributed by atoms with Crippen LogP contribution in [0.4, 0.5) is 0 Å². The molecule has 0 radical (unpaired) electrons. The third kappa shape index (κ3) is 2.07. The highest BCUT2D eigenvalue weighted by Crippen LogP contribution is 2.13. The van der Waals surface area contributed by atoms with Crippen LogP contribution in [0.2, 0.25) is 0 Å². The minimum Gasteiger partial charge on any atom is -0.506 e. The maximum absolute atomic E-state index is 8.94. The predicted octanol–water partition coefficient (Wildman–Crippen LogP) is 1.36. The molecule has 0 fully saturated rings. The Bertz CT molecular complexity index is 256. The summed E-state index contributed by atoms with van der Waals surface area (Å²) >= 11 is 0. The van der Waals surface area contributed by atoms with E-state index in [1.807, 2.05) is 0 Å². The molecule has 3 heteroatoms. The molecule has 0 bridgehead atoms. The maximum atomic E-state index is 8.94. The van der Waals surface area contributed by atoms with E-state index in [-0.39, 0.29) is 11.8 Å². The summed E-state index contributed by atoms with van der Waals surface area (Å²) in [6, 6.07) is 3.16. The Morgan fingerprint density at radius 3 is 2.92 bits per heavy atom. The SMILES string of the molecule is C=CC[C@@H](N)c1ccc(O)cn1. The number of aromatic nitrogens is 1. The number of rotatable bonds is 3. The first-order valence-corrected chi connectivity index (χ1v) is 3.75. The fourth-order valence-electron chi connectivity index (χ4n) is 0.917. The summed E-state index contributed by atoms with van der Waals surface area (Å²) in [5.74, 6) is 0.157. The van der Waals surface area contributed by atoms with Crippen LogP contribution in [0.1, 0.15) is 18.2 Å². The van der Waals surface area contributed by atoms with E-state index in [9.17, 15) is 0 Å². The van der Waals surface area contributed by atoms with Gasteiger partial charge in [-0.15, -0.1) is 6.58 Å². The molecule has 1 aromatic heterocycles. The minimum atomic E-state index is -0.122. The smallest absolute Gasteiger partial charge is 0.133 e. The van der Waals surface area contributed by atoms with Crippen molar-refractivity contribution in [2.45, 2.75) is 12.5 Å². The predicted molar refractivity (Wildman–Crippen MR) is 47.6 cm³/mol.